The summed E-state index contributed by atoms with van der Waals surface area (Å²) in [5.74, 6) is -0.958. The Morgan fingerprint density at radius 2 is 1.65 bits per heavy atom. The first-order valence-corrected chi connectivity index (χ1v) is 8.09. The lowest BCUT2D eigenvalue weighted by molar-refractivity contribution is 0.104. The van der Waals surface area contributed by atoms with Crippen molar-refractivity contribution in [3.05, 3.63) is 94.4 Å². The van der Waals surface area contributed by atoms with Gasteiger partial charge in [-0.05, 0) is 40.6 Å². The maximum absolute atomic E-state index is 12.5. The third kappa shape index (κ3) is 2.78. The number of rotatable bonds is 3. The van der Waals surface area contributed by atoms with Gasteiger partial charge in [0.25, 0.3) is 0 Å². The Morgan fingerprint density at radius 3 is 2.50 bits per heavy atom. The Morgan fingerprint density at radius 1 is 0.923 bits per heavy atom. The van der Waals surface area contributed by atoms with Gasteiger partial charge in [0.15, 0.2) is 5.78 Å². The molecule has 26 heavy (non-hydrogen) atoms. The third-order valence-corrected chi connectivity index (χ3v) is 4.23. The van der Waals surface area contributed by atoms with Crippen LogP contribution in [0.5, 0.6) is 5.75 Å². The summed E-state index contributed by atoms with van der Waals surface area (Å²) in [4.78, 5) is 24.6. The number of benzene rings is 3. The van der Waals surface area contributed by atoms with E-state index in [1.165, 1.54) is 6.08 Å². The summed E-state index contributed by atoms with van der Waals surface area (Å²) in [6.45, 7) is 0. The highest BCUT2D eigenvalue weighted by molar-refractivity contribution is 6.10. The molecule has 3 aromatic carbocycles. The molecule has 126 valence electrons. The van der Waals surface area contributed by atoms with Crippen molar-refractivity contribution >= 4 is 33.6 Å². The highest BCUT2D eigenvalue weighted by Crippen LogP contribution is 2.26. The van der Waals surface area contributed by atoms with Crippen molar-refractivity contribution in [1.82, 2.24) is 0 Å². The van der Waals surface area contributed by atoms with Crippen molar-refractivity contribution in [2.24, 2.45) is 0 Å². The number of hydrogen-bond donors (Lipinski definition) is 1. The molecule has 0 saturated carbocycles. The fourth-order valence-corrected chi connectivity index (χ4v) is 2.92. The number of ketones is 1. The van der Waals surface area contributed by atoms with Crippen molar-refractivity contribution in [3.8, 4) is 5.75 Å². The number of fused-ring (bicyclic) bond motifs is 2. The third-order valence-electron chi connectivity index (χ3n) is 4.23. The van der Waals surface area contributed by atoms with Crippen molar-refractivity contribution in [1.29, 1.82) is 0 Å². The van der Waals surface area contributed by atoms with Gasteiger partial charge in [-0.15, -0.1) is 0 Å². The van der Waals surface area contributed by atoms with E-state index in [4.69, 9.17) is 4.42 Å². The van der Waals surface area contributed by atoms with Crippen molar-refractivity contribution in [2.45, 2.75) is 0 Å². The highest BCUT2D eigenvalue weighted by Gasteiger charge is 2.18. The molecule has 0 saturated heterocycles. The van der Waals surface area contributed by atoms with Crippen LogP contribution in [0.3, 0.4) is 0 Å². The van der Waals surface area contributed by atoms with Gasteiger partial charge in [-0.2, -0.15) is 0 Å². The first kappa shape index (κ1) is 15.8. The Kier molecular flexibility index (Phi) is 3.86. The van der Waals surface area contributed by atoms with Crippen LogP contribution in [0.25, 0.3) is 27.8 Å². The number of para-hydroxylation sites is 1. The van der Waals surface area contributed by atoms with Crippen LogP contribution in [0.1, 0.15) is 15.9 Å². The molecule has 4 aromatic rings. The molecule has 0 aliphatic carbocycles. The standard InChI is InChI=1S/C22H14O4/c23-18(12-10-14-9-11-15-5-1-2-6-16(15)13-14)20-21(24)17-7-3-4-8-19(17)26-22(20)25/h1-13,24H. The molecule has 0 spiro atoms. The first-order valence-electron chi connectivity index (χ1n) is 8.09. The molecule has 0 fully saturated rings. The summed E-state index contributed by atoms with van der Waals surface area (Å²) in [7, 11) is 0. The van der Waals surface area contributed by atoms with Gasteiger partial charge in [-0.3, -0.25) is 4.79 Å². The van der Waals surface area contributed by atoms with Crippen LogP contribution in [0.4, 0.5) is 0 Å². The molecule has 0 unspecified atom stereocenters. The van der Waals surface area contributed by atoms with E-state index in [2.05, 4.69) is 0 Å². The molecule has 4 nitrogen and oxygen atoms in total. The van der Waals surface area contributed by atoms with Crippen LogP contribution in [-0.4, -0.2) is 10.9 Å². The van der Waals surface area contributed by atoms with Gasteiger partial charge in [-0.25, -0.2) is 4.79 Å². The maximum atomic E-state index is 12.5. The summed E-state index contributed by atoms with van der Waals surface area (Å²) >= 11 is 0. The quantitative estimate of drug-likeness (QED) is 0.337. The van der Waals surface area contributed by atoms with E-state index in [1.54, 1.807) is 30.3 Å². The molecule has 0 atom stereocenters. The van der Waals surface area contributed by atoms with Gasteiger partial charge in [0.1, 0.15) is 16.9 Å². The molecule has 1 aromatic heterocycles. The predicted octanol–water partition coefficient (Wildman–Crippen LogP) is 4.55. The molecular weight excluding hydrogens is 328 g/mol. The Balaban J connectivity index is 1.72. The van der Waals surface area contributed by atoms with E-state index in [0.717, 1.165) is 16.3 Å². The zero-order chi connectivity index (χ0) is 18.1. The Hall–Kier alpha value is -3.66. The summed E-state index contributed by atoms with van der Waals surface area (Å²) in [5, 5.41) is 12.8. The minimum atomic E-state index is -0.852. The molecule has 1 N–H and O–H groups in total. The largest absolute Gasteiger partial charge is 0.506 e. The average molecular weight is 342 g/mol. The van der Waals surface area contributed by atoms with Gasteiger partial charge >= 0.3 is 5.63 Å². The zero-order valence-corrected chi connectivity index (χ0v) is 13.7. The lowest BCUT2D eigenvalue weighted by Gasteiger charge is -2.03. The minimum Gasteiger partial charge on any atom is -0.506 e. The van der Waals surface area contributed by atoms with E-state index in [1.807, 2.05) is 42.5 Å². The molecule has 0 bridgehead atoms. The van der Waals surface area contributed by atoms with Gasteiger partial charge in [0.2, 0.25) is 0 Å². The lowest BCUT2D eigenvalue weighted by atomic mass is 10.0. The van der Waals surface area contributed by atoms with Gasteiger partial charge in [-0.1, -0.05) is 54.6 Å². The number of allylic oxidation sites excluding steroid dienone is 1. The summed E-state index contributed by atoms with van der Waals surface area (Å²) in [6, 6.07) is 20.2. The fourth-order valence-electron chi connectivity index (χ4n) is 2.92. The molecular formula is C22H14O4. The fraction of sp³-hybridized carbons (Fsp3) is 0. The second kappa shape index (κ2) is 6.33. The van der Waals surface area contributed by atoms with Crippen LogP contribution in [0, 0.1) is 0 Å². The van der Waals surface area contributed by atoms with Crippen LogP contribution in [0.15, 0.2) is 82.0 Å². The van der Waals surface area contributed by atoms with Crippen LogP contribution < -0.4 is 5.63 Å². The smallest absolute Gasteiger partial charge is 0.351 e. The molecule has 0 radical (unpaired) electrons. The van der Waals surface area contributed by atoms with Gasteiger partial charge in [0.05, 0.1) is 5.39 Å². The molecule has 0 aliphatic rings. The van der Waals surface area contributed by atoms with Crippen LogP contribution >= 0.6 is 0 Å². The van der Waals surface area contributed by atoms with Crippen LogP contribution in [0.2, 0.25) is 0 Å². The van der Waals surface area contributed by atoms with E-state index < -0.39 is 11.4 Å². The average Bonchev–Trinajstić information content (AvgIpc) is 2.66. The van der Waals surface area contributed by atoms with Crippen molar-refractivity contribution < 1.29 is 14.3 Å². The first-order chi connectivity index (χ1) is 12.6. The summed E-state index contributed by atoms with van der Waals surface area (Å²) in [5.41, 5.74) is -0.151. The number of carbonyl (C=O) groups is 1. The monoisotopic (exact) mass is 342 g/mol. The second-order valence-electron chi connectivity index (χ2n) is 5.91. The van der Waals surface area contributed by atoms with E-state index in [0.29, 0.717) is 5.39 Å². The van der Waals surface area contributed by atoms with Crippen molar-refractivity contribution in [2.75, 3.05) is 0 Å². The summed E-state index contributed by atoms with van der Waals surface area (Å²) < 4.78 is 5.13. The van der Waals surface area contributed by atoms with Crippen molar-refractivity contribution in [3.63, 3.8) is 0 Å². The predicted molar refractivity (Wildman–Crippen MR) is 101 cm³/mol. The molecule has 4 rings (SSSR count). The molecule has 0 amide bonds. The molecule has 1 heterocycles. The van der Waals surface area contributed by atoms with E-state index in [-0.39, 0.29) is 16.9 Å². The van der Waals surface area contributed by atoms with Gasteiger partial charge in [0, 0.05) is 0 Å². The SMILES string of the molecule is O=C(C=Cc1ccc2ccccc2c1)c1c(O)c2ccccc2oc1=O. The van der Waals surface area contributed by atoms with Gasteiger partial charge < -0.3 is 9.52 Å². The maximum Gasteiger partial charge on any atom is 0.351 e. The Bertz CT molecular complexity index is 1230. The summed E-state index contributed by atoms with van der Waals surface area (Å²) in [6.07, 6.45) is 2.88. The lowest BCUT2D eigenvalue weighted by Crippen LogP contribution is -2.12. The van der Waals surface area contributed by atoms with E-state index >= 15 is 0 Å². The minimum absolute atomic E-state index is 0.241. The number of hydrogen-bond acceptors (Lipinski definition) is 4. The topological polar surface area (TPSA) is 67.5 Å². The number of aromatic hydroxyl groups is 1. The zero-order valence-electron chi connectivity index (χ0n) is 13.7. The number of carbonyl (C=O) groups excluding carboxylic acids is 1. The molecule has 4 heteroatoms. The Labute approximate surface area is 148 Å². The van der Waals surface area contributed by atoms with E-state index in [9.17, 15) is 14.7 Å². The second-order valence-corrected chi connectivity index (χ2v) is 5.91. The highest BCUT2D eigenvalue weighted by atomic mass is 16.4. The van der Waals surface area contributed by atoms with Crippen LogP contribution in [-0.2, 0) is 0 Å². The normalized spacial score (nSPS) is 11.4. The molecule has 0 aliphatic heterocycles.